The number of aromatic hydroxyl groups is 1. The summed E-state index contributed by atoms with van der Waals surface area (Å²) in [5.41, 5.74) is -1.34. The molecule has 2 saturated heterocycles. The molecule has 6 N–H and O–H groups in total. The zero-order chi connectivity index (χ0) is 28.1. The monoisotopic (exact) mass is 548 g/mol. The highest BCUT2D eigenvalue weighted by Crippen LogP contribution is 2.53. The summed E-state index contributed by atoms with van der Waals surface area (Å²) in [4.78, 5) is 25.5. The summed E-state index contributed by atoms with van der Waals surface area (Å²) in [7, 11) is 1.17. The van der Waals surface area contributed by atoms with Gasteiger partial charge in [-0.2, -0.15) is 0 Å². The lowest BCUT2D eigenvalue weighted by molar-refractivity contribution is -0.346. The fourth-order valence-electron chi connectivity index (χ4n) is 5.37. The van der Waals surface area contributed by atoms with Crippen molar-refractivity contribution in [3.63, 3.8) is 0 Å². The highest BCUT2D eigenvalue weighted by molar-refractivity contribution is 5.98. The average molecular weight is 548 g/mol. The van der Waals surface area contributed by atoms with Crippen LogP contribution in [0.3, 0.4) is 0 Å². The summed E-state index contributed by atoms with van der Waals surface area (Å²) in [5.74, 6) is -3.51. The van der Waals surface area contributed by atoms with E-state index in [2.05, 4.69) is 0 Å². The molecule has 1 aliphatic carbocycles. The van der Waals surface area contributed by atoms with Crippen molar-refractivity contribution in [1.82, 2.24) is 0 Å². The molecule has 0 aromatic heterocycles. The van der Waals surface area contributed by atoms with Gasteiger partial charge >= 0.3 is 11.9 Å². The normalized spacial score (nSPS) is 40.3. The molecule has 0 bridgehead atoms. The summed E-state index contributed by atoms with van der Waals surface area (Å²) in [5, 5.41) is 61.2. The Bertz CT molecular complexity index is 1200. The lowest BCUT2D eigenvalue weighted by Gasteiger charge is -2.45. The van der Waals surface area contributed by atoms with E-state index in [1.807, 2.05) is 0 Å². The van der Waals surface area contributed by atoms with E-state index in [1.165, 1.54) is 43.5 Å². The maximum absolute atomic E-state index is 13.0. The van der Waals surface area contributed by atoms with Crippen LogP contribution in [0.15, 0.2) is 53.8 Å². The smallest absolute Gasteiger partial charge is 0.337 e. The molecule has 13 nitrogen and oxygen atoms in total. The summed E-state index contributed by atoms with van der Waals surface area (Å²) in [6, 6.07) is 5.89. The number of fused-ring (bicyclic) bond motifs is 2. The number of allylic oxidation sites excluding steroid dienone is 1. The van der Waals surface area contributed by atoms with Gasteiger partial charge in [-0.05, 0) is 29.8 Å². The third-order valence-corrected chi connectivity index (χ3v) is 7.43. The van der Waals surface area contributed by atoms with Crippen LogP contribution < -0.4 is 0 Å². The molecule has 1 aromatic rings. The third-order valence-electron chi connectivity index (χ3n) is 7.43. The lowest BCUT2D eigenvalue weighted by atomic mass is 9.76. The highest BCUT2D eigenvalue weighted by atomic mass is 16.8. The van der Waals surface area contributed by atoms with Crippen LogP contribution in [0.1, 0.15) is 5.56 Å². The number of phenolic OH excluding ortho intramolecular Hbond substituents is 1. The molecule has 4 aliphatic rings. The first-order valence-electron chi connectivity index (χ1n) is 12.1. The predicted molar refractivity (Wildman–Crippen MR) is 127 cm³/mol. The maximum Gasteiger partial charge on any atom is 0.337 e. The van der Waals surface area contributed by atoms with Crippen LogP contribution in [0.4, 0.5) is 0 Å². The topological polar surface area (TPSA) is 202 Å². The first-order valence-corrected chi connectivity index (χ1v) is 12.1. The Morgan fingerprint density at radius 3 is 2.46 bits per heavy atom. The van der Waals surface area contributed by atoms with Crippen molar-refractivity contribution >= 4 is 18.0 Å². The van der Waals surface area contributed by atoms with Gasteiger partial charge < -0.3 is 54.3 Å². The van der Waals surface area contributed by atoms with Gasteiger partial charge in [-0.25, -0.2) is 9.59 Å². The van der Waals surface area contributed by atoms with Gasteiger partial charge in [0, 0.05) is 5.92 Å². The van der Waals surface area contributed by atoms with Crippen molar-refractivity contribution in [1.29, 1.82) is 0 Å². The Balaban J connectivity index is 1.50. The molecular weight excluding hydrogens is 520 g/mol. The molecule has 0 amide bonds. The third kappa shape index (κ3) is 4.51. The van der Waals surface area contributed by atoms with Crippen molar-refractivity contribution in [3.05, 3.63) is 59.4 Å². The zero-order valence-corrected chi connectivity index (χ0v) is 20.6. The summed E-state index contributed by atoms with van der Waals surface area (Å²) < 4.78 is 27.5. The first-order chi connectivity index (χ1) is 18.6. The Morgan fingerprint density at radius 2 is 1.79 bits per heavy atom. The minimum Gasteiger partial charge on any atom is -0.508 e. The second kappa shape index (κ2) is 10.4. The van der Waals surface area contributed by atoms with E-state index >= 15 is 0 Å². The Labute approximate surface area is 221 Å². The number of hydrogen-bond donors (Lipinski definition) is 6. The Morgan fingerprint density at radius 1 is 1.08 bits per heavy atom. The zero-order valence-electron chi connectivity index (χ0n) is 20.6. The number of methoxy groups -OCH3 is 1. The van der Waals surface area contributed by atoms with Gasteiger partial charge in [-0.15, -0.1) is 0 Å². The van der Waals surface area contributed by atoms with Gasteiger partial charge in [0.2, 0.25) is 6.29 Å². The number of ether oxygens (including phenoxy) is 5. The fraction of sp³-hybridized carbons (Fsp3) is 0.462. The number of hydrogen-bond acceptors (Lipinski definition) is 13. The van der Waals surface area contributed by atoms with Crippen LogP contribution in [-0.4, -0.2) is 105 Å². The van der Waals surface area contributed by atoms with E-state index in [4.69, 9.17) is 23.7 Å². The van der Waals surface area contributed by atoms with E-state index in [0.717, 1.165) is 6.26 Å². The number of aliphatic hydroxyl groups is 5. The largest absolute Gasteiger partial charge is 0.508 e. The molecule has 3 heterocycles. The van der Waals surface area contributed by atoms with Gasteiger partial charge in [0.05, 0.1) is 37.0 Å². The predicted octanol–water partition coefficient (Wildman–Crippen LogP) is -1.54. The van der Waals surface area contributed by atoms with Gasteiger partial charge in [0.1, 0.15) is 36.3 Å². The molecule has 210 valence electrons. The van der Waals surface area contributed by atoms with Crippen LogP contribution in [0.2, 0.25) is 0 Å². The summed E-state index contributed by atoms with van der Waals surface area (Å²) in [6.07, 6.45) is -5.52. The quantitative estimate of drug-likeness (QED) is 0.141. The summed E-state index contributed by atoms with van der Waals surface area (Å²) in [6.45, 7) is -0.692. The molecule has 1 spiro atoms. The van der Waals surface area contributed by atoms with Crippen molar-refractivity contribution in [2.75, 3.05) is 13.7 Å². The molecule has 0 saturated carbocycles. The van der Waals surface area contributed by atoms with E-state index in [1.54, 1.807) is 6.08 Å². The molecule has 2 fully saturated rings. The van der Waals surface area contributed by atoms with Crippen molar-refractivity contribution in [3.8, 4) is 5.75 Å². The number of rotatable bonds is 5. The molecule has 0 radical (unpaired) electrons. The molecule has 0 unspecified atom stereocenters. The fourth-order valence-corrected chi connectivity index (χ4v) is 5.37. The number of carbonyl (C=O) groups is 2. The molecular formula is C26H28O13. The van der Waals surface area contributed by atoms with Crippen LogP contribution >= 0.6 is 0 Å². The van der Waals surface area contributed by atoms with Crippen LogP contribution in [-0.2, 0) is 33.3 Å². The molecule has 13 heteroatoms. The minimum absolute atomic E-state index is 0.0133. The van der Waals surface area contributed by atoms with Crippen molar-refractivity contribution in [2.24, 2.45) is 11.8 Å². The van der Waals surface area contributed by atoms with Crippen molar-refractivity contribution < 1.29 is 63.9 Å². The Hall–Kier alpha value is -3.30. The second-order valence-corrected chi connectivity index (χ2v) is 9.65. The van der Waals surface area contributed by atoms with E-state index in [-0.39, 0.29) is 16.9 Å². The van der Waals surface area contributed by atoms with Crippen LogP contribution in [0.25, 0.3) is 6.08 Å². The van der Waals surface area contributed by atoms with Crippen LogP contribution in [0, 0.1) is 11.8 Å². The van der Waals surface area contributed by atoms with Gasteiger partial charge in [-0.1, -0.05) is 18.2 Å². The van der Waals surface area contributed by atoms with Crippen molar-refractivity contribution in [2.45, 2.75) is 48.7 Å². The molecule has 1 aromatic carbocycles. The van der Waals surface area contributed by atoms with E-state index in [0.29, 0.717) is 5.56 Å². The maximum atomic E-state index is 13.0. The second-order valence-electron chi connectivity index (χ2n) is 9.65. The minimum atomic E-state index is -1.78. The SMILES string of the molecule is COC(=O)C1=CO[C@@H](O[C@@H]2O[C@H](CO)[C@@H](O)[C@H](O)[C@H]2O)[C@H]2[C@@H]1C=C[C@@]21OC(=O)/C(=C\c2ccc(O)cc2)[C@H]1O. The van der Waals surface area contributed by atoms with Crippen LogP contribution in [0.5, 0.6) is 5.75 Å². The number of esters is 2. The van der Waals surface area contributed by atoms with Gasteiger partial charge in [0.15, 0.2) is 11.9 Å². The number of carbonyl (C=O) groups excluding carboxylic acids is 2. The summed E-state index contributed by atoms with van der Waals surface area (Å²) >= 11 is 0. The number of benzene rings is 1. The first kappa shape index (κ1) is 27.3. The molecule has 5 rings (SSSR count). The molecule has 3 aliphatic heterocycles. The molecule has 10 atom stereocenters. The number of aliphatic hydroxyl groups excluding tert-OH is 5. The molecule has 39 heavy (non-hydrogen) atoms. The average Bonchev–Trinajstić information content (AvgIpc) is 3.43. The van der Waals surface area contributed by atoms with Gasteiger partial charge in [0.25, 0.3) is 0 Å². The van der Waals surface area contributed by atoms with E-state index < -0.39 is 79.1 Å². The van der Waals surface area contributed by atoms with Gasteiger partial charge in [-0.3, -0.25) is 0 Å². The van der Waals surface area contributed by atoms with E-state index in [9.17, 15) is 40.2 Å². The number of phenols is 1. The highest BCUT2D eigenvalue weighted by Gasteiger charge is 2.65. The standard InChI is InChI=1S/C26H28O13/c1-35-22(33)15-10-36-24(38-25-20(31)19(30)18(29)16(9-27)37-25)17-13(15)6-7-26(17)21(32)14(23(34)39-26)8-11-2-4-12(28)5-3-11/h2-8,10,13,16-21,24-25,27-32H,9H2,1H3/b14-8-/t13-,16-,17-,18-,19+,20-,21-,24+,25+,26-/m1/s1. The Kier molecular flexibility index (Phi) is 7.24. The lowest BCUT2D eigenvalue weighted by Crippen LogP contribution is -2.61.